The Labute approximate surface area is 171 Å². The summed E-state index contributed by atoms with van der Waals surface area (Å²) in [6.45, 7) is 6.73. The Morgan fingerprint density at radius 1 is 1.00 bits per heavy atom. The number of fused-ring (bicyclic) bond motifs is 4. The van der Waals surface area contributed by atoms with Gasteiger partial charge in [0, 0.05) is 49.1 Å². The lowest BCUT2D eigenvalue weighted by Crippen LogP contribution is -2.47. The molecule has 3 aromatic rings. The predicted molar refractivity (Wildman–Crippen MR) is 115 cm³/mol. The standard InChI is InChI=1S/C24H26N4O/c1-3-21-12-23(26-16(2)25-21)27-13-17-9-20(15-27)22-10-19(11-24(29)28(22)14-17)18-7-5-4-6-8-18/h4-8,10-12,17,20H,3,9,13-15H2,1-2H3/t17-,20+/m0/s1. The van der Waals surface area contributed by atoms with Gasteiger partial charge in [0.1, 0.15) is 11.6 Å². The Balaban J connectivity index is 1.52. The Morgan fingerprint density at radius 2 is 1.83 bits per heavy atom. The summed E-state index contributed by atoms with van der Waals surface area (Å²) in [6, 6.07) is 16.3. The number of aryl methyl sites for hydroxylation is 2. The summed E-state index contributed by atoms with van der Waals surface area (Å²) < 4.78 is 2.01. The summed E-state index contributed by atoms with van der Waals surface area (Å²) in [4.78, 5) is 24.5. The third kappa shape index (κ3) is 3.35. The molecule has 4 heterocycles. The highest BCUT2D eigenvalue weighted by Crippen LogP contribution is 2.37. The van der Waals surface area contributed by atoms with E-state index in [9.17, 15) is 4.79 Å². The number of hydrogen-bond donors (Lipinski definition) is 0. The lowest BCUT2D eigenvalue weighted by molar-refractivity contribution is 0.280. The maximum atomic E-state index is 12.9. The molecule has 5 heteroatoms. The number of anilines is 1. The van der Waals surface area contributed by atoms with E-state index in [2.05, 4.69) is 41.1 Å². The predicted octanol–water partition coefficient (Wildman–Crippen LogP) is 3.80. The van der Waals surface area contributed by atoms with Crippen LogP contribution in [-0.4, -0.2) is 27.6 Å². The first kappa shape index (κ1) is 18.1. The Kier molecular flexibility index (Phi) is 4.46. The highest BCUT2D eigenvalue weighted by Gasteiger charge is 2.35. The van der Waals surface area contributed by atoms with Crippen molar-refractivity contribution in [3.8, 4) is 11.1 Å². The van der Waals surface area contributed by atoms with Gasteiger partial charge in [-0.15, -0.1) is 0 Å². The fraction of sp³-hybridized carbons (Fsp3) is 0.375. The second-order valence-electron chi connectivity index (χ2n) is 8.31. The van der Waals surface area contributed by atoms with Crippen LogP contribution in [0.15, 0.2) is 53.3 Å². The fourth-order valence-corrected chi connectivity index (χ4v) is 4.90. The van der Waals surface area contributed by atoms with Crippen LogP contribution in [0.2, 0.25) is 0 Å². The number of piperidine rings is 1. The normalized spacial score (nSPS) is 20.4. The van der Waals surface area contributed by atoms with Gasteiger partial charge < -0.3 is 9.47 Å². The van der Waals surface area contributed by atoms with Gasteiger partial charge in [-0.05, 0) is 42.9 Å². The van der Waals surface area contributed by atoms with Crippen LogP contribution in [0.25, 0.3) is 11.1 Å². The van der Waals surface area contributed by atoms with Crippen molar-refractivity contribution >= 4 is 5.82 Å². The summed E-state index contributed by atoms with van der Waals surface area (Å²) in [5.41, 5.74) is 4.49. The van der Waals surface area contributed by atoms with E-state index in [1.54, 1.807) is 6.07 Å². The zero-order valence-corrected chi connectivity index (χ0v) is 17.0. The summed E-state index contributed by atoms with van der Waals surface area (Å²) >= 11 is 0. The third-order valence-corrected chi connectivity index (χ3v) is 6.23. The van der Waals surface area contributed by atoms with Gasteiger partial charge in [-0.25, -0.2) is 9.97 Å². The molecule has 5 rings (SSSR count). The molecular formula is C24H26N4O. The summed E-state index contributed by atoms with van der Waals surface area (Å²) in [5.74, 6) is 2.68. The van der Waals surface area contributed by atoms with Crippen molar-refractivity contribution in [3.63, 3.8) is 0 Å². The molecule has 1 saturated heterocycles. The first-order valence-electron chi connectivity index (χ1n) is 10.5. The van der Waals surface area contributed by atoms with Crippen LogP contribution in [0.3, 0.4) is 0 Å². The molecule has 2 bridgehead atoms. The molecule has 2 aromatic heterocycles. The zero-order valence-electron chi connectivity index (χ0n) is 17.0. The average molecular weight is 386 g/mol. The molecule has 0 aliphatic carbocycles. The van der Waals surface area contributed by atoms with Gasteiger partial charge in [0.15, 0.2) is 0 Å². The topological polar surface area (TPSA) is 51.0 Å². The molecule has 0 spiro atoms. The molecule has 2 atom stereocenters. The first-order valence-corrected chi connectivity index (χ1v) is 10.5. The van der Waals surface area contributed by atoms with Crippen LogP contribution in [0.5, 0.6) is 0 Å². The monoisotopic (exact) mass is 386 g/mol. The minimum absolute atomic E-state index is 0.121. The smallest absolute Gasteiger partial charge is 0.251 e. The minimum atomic E-state index is 0.121. The van der Waals surface area contributed by atoms with Gasteiger partial charge in [0.25, 0.3) is 5.56 Å². The maximum absolute atomic E-state index is 12.9. The Bertz CT molecular complexity index is 1110. The van der Waals surface area contributed by atoms with Crippen molar-refractivity contribution in [2.75, 3.05) is 18.0 Å². The van der Waals surface area contributed by atoms with Crippen LogP contribution >= 0.6 is 0 Å². The molecular weight excluding hydrogens is 360 g/mol. The van der Waals surface area contributed by atoms with Gasteiger partial charge >= 0.3 is 0 Å². The Morgan fingerprint density at radius 3 is 2.62 bits per heavy atom. The molecule has 0 unspecified atom stereocenters. The molecule has 5 nitrogen and oxygen atoms in total. The molecule has 0 saturated carbocycles. The van der Waals surface area contributed by atoms with Crippen LogP contribution in [0, 0.1) is 12.8 Å². The minimum Gasteiger partial charge on any atom is -0.355 e. The largest absolute Gasteiger partial charge is 0.355 e. The maximum Gasteiger partial charge on any atom is 0.251 e. The second kappa shape index (κ2) is 7.14. The van der Waals surface area contributed by atoms with E-state index in [1.165, 1.54) is 5.69 Å². The molecule has 29 heavy (non-hydrogen) atoms. The van der Waals surface area contributed by atoms with Gasteiger partial charge in [0.2, 0.25) is 0 Å². The van der Waals surface area contributed by atoms with Crippen molar-refractivity contribution in [2.24, 2.45) is 5.92 Å². The summed E-state index contributed by atoms with van der Waals surface area (Å²) in [7, 11) is 0. The molecule has 2 aliphatic rings. The van der Waals surface area contributed by atoms with Gasteiger partial charge in [-0.1, -0.05) is 37.3 Å². The molecule has 2 aliphatic heterocycles. The highest BCUT2D eigenvalue weighted by atomic mass is 16.1. The molecule has 1 fully saturated rings. The van der Waals surface area contributed by atoms with E-state index in [0.29, 0.717) is 11.8 Å². The number of hydrogen-bond acceptors (Lipinski definition) is 4. The highest BCUT2D eigenvalue weighted by molar-refractivity contribution is 5.63. The van der Waals surface area contributed by atoms with Crippen LogP contribution in [0.1, 0.15) is 36.5 Å². The second-order valence-corrected chi connectivity index (χ2v) is 8.31. The Hall–Kier alpha value is -2.95. The number of pyridine rings is 1. The average Bonchev–Trinajstić information content (AvgIpc) is 2.74. The van der Waals surface area contributed by atoms with E-state index in [-0.39, 0.29) is 5.56 Å². The fourth-order valence-electron chi connectivity index (χ4n) is 4.90. The number of benzene rings is 1. The van der Waals surface area contributed by atoms with Crippen molar-refractivity contribution in [1.29, 1.82) is 0 Å². The quantitative estimate of drug-likeness (QED) is 0.687. The van der Waals surface area contributed by atoms with E-state index < -0.39 is 0 Å². The van der Waals surface area contributed by atoms with Gasteiger partial charge in [-0.2, -0.15) is 0 Å². The lowest BCUT2D eigenvalue weighted by atomic mass is 9.82. The summed E-state index contributed by atoms with van der Waals surface area (Å²) in [5, 5.41) is 0. The van der Waals surface area contributed by atoms with Crippen LogP contribution < -0.4 is 10.5 Å². The molecule has 0 radical (unpaired) electrons. The van der Waals surface area contributed by atoms with E-state index in [1.807, 2.05) is 29.7 Å². The van der Waals surface area contributed by atoms with Crippen LogP contribution in [0.4, 0.5) is 5.82 Å². The first-order chi connectivity index (χ1) is 14.1. The lowest BCUT2D eigenvalue weighted by Gasteiger charge is -2.43. The van der Waals surface area contributed by atoms with Crippen molar-refractivity contribution < 1.29 is 0 Å². The molecule has 1 aromatic carbocycles. The van der Waals surface area contributed by atoms with E-state index in [4.69, 9.17) is 4.98 Å². The van der Waals surface area contributed by atoms with Crippen molar-refractivity contribution in [3.05, 3.63) is 76.1 Å². The third-order valence-electron chi connectivity index (χ3n) is 6.23. The van der Waals surface area contributed by atoms with Gasteiger partial charge in [0.05, 0.1) is 0 Å². The van der Waals surface area contributed by atoms with Crippen LogP contribution in [-0.2, 0) is 13.0 Å². The summed E-state index contributed by atoms with van der Waals surface area (Å²) in [6.07, 6.45) is 2.05. The van der Waals surface area contributed by atoms with E-state index in [0.717, 1.165) is 60.9 Å². The zero-order chi connectivity index (χ0) is 20.0. The number of rotatable bonds is 3. The SMILES string of the molecule is CCc1cc(N2C[C@@H]3C[C@H](C2)c2cc(-c4ccccc4)cc(=O)n2C3)nc(C)n1. The molecule has 0 amide bonds. The van der Waals surface area contributed by atoms with Gasteiger partial charge in [-0.3, -0.25) is 4.79 Å². The number of aromatic nitrogens is 3. The van der Waals surface area contributed by atoms with Crippen molar-refractivity contribution in [1.82, 2.24) is 14.5 Å². The molecule has 148 valence electrons. The van der Waals surface area contributed by atoms with E-state index >= 15 is 0 Å². The molecule has 0 N–H and O–H groups in total. The number of nitrogens with zero attached hydrogens (tertiary/aromatic N) is 4. The van der Waals surface area contributed by atoms with Crippen molar-refractivity contribution in [2.45, 2.75) is 39.2 Å².